The van der Waals surface area contributed by atoms with Crippen molar-refractivity contribution in [2.24, 2.45) is 5.92 Å². The van der Waals surface area contributed by atoms with Gasteiger partial charge in [-0.25, -0.2) is 0 Å². The molecular weight excluding hydrogens is 132 g/mol. The van der Waals surface area contributed by atoms with E-state index in [4.69, 9.17) is 0 Å². The first-order valence-corrected chi connectivity index (χ1v) is 4.66. The van der Waals surface area contributed by atoms with Gasteiger partial charge in [-0.3, -0.25) is 0 Å². The standard InChI is InChI=1S/C11H15/c1-2-6-10-8-4-5-9-11(10)7-3-1/h4-6,9-10H,1-3,7-8H2. The summed E-state index contributed by atoms with van der Waals surface area (Å²) in [6, 6.07) is 0. The number of fused-ring (bicyclic) bond motifs is 1. The van der Waals surface area contributed by atoms with Crippen LogP contribution in [0.4, 0.5) is 0 Å². The van der Waals surface area contributed by atoms with Gasteiger partial charge >= 0.3 is 0 Å². The summed E-state index contributed by atoms with van der Waals surface area (Å²) < 4.78 is 0. The first-order chi connectivity index (χ1) is 5.47. The second-order valence-electron chi connectivity index (χ2n) is 3.49. The lowest BCUT2D eigenvalue weighted by molar-refractivity contribution is 0.679. The molecule has 2 rings (SSSR count). The second-order valence-corrected chi connectivity index (χ2v) is 3.49. The van der Waals surface area contributed by atoms with Crippen LogP contribution in [0.1, 0.15) is 32.1 Å². The molecular formula is C11H15. The Morgan fingerprint density at radius 1 is 1.27 bits per heavy atom. The Balaban J connectivity index is 2.11. The maximum atomic E-state index is 2.50. The van der Waals surface area contributed by atoms with Crippen molar-refractivity contribution in [1.82, 2.24) is 0 Å². The van der Waals surface area contributed by atoms with Crippen molar-refractivity contribution < 1.29 is 0 Å². The van der Waals surface area contributed by atoms with E-state index >= 15 is 0 Å². The van der Waals surface area contributed by atoms with Crippen LogP contribution in [0.25, 0.3) is 0 Å². The van der Waals surface area contributed by atoms with Gasteiger partial charge in [-0.05, 0) is 38.0 Å². The van der Waals surface area contributed by atoms with Crippen LogP contribution < -0.4 is 0 Å². The Kier molecular flexibility index (Phi) is 2.11. The van der Waals surface area contributed by atoms with E-state index in [-0.39, 0.29) is 0 Å². The highest BCUT2D eigenvalue weighted by molar-refractivity contribution is 5.24. The largest absolute Gasteiger partial charge is 0.0839 e. The van der Waals surface area contributed by atoms with Gasteiger partial charge in [0.2, 0.25) is 0 Å². The molecule has 59 valence electrons. The van der Waals surface area contributed by atoms with E-state index in [1.807, 2.05) is 0 Å². The van der Waals surface area contributed by atoms with E-state index in [1.54, 1.807) is 5.57 Å². The topological polar surface area (TPSA) is 0 Å². The zero-order chi connectivity index (χ0) is 7.52. The quantitative estimate of drug-likeness (QED) is 0.493. The van der Waals surface area contributed by atoms with Gasteiger partial charge in [0.1, 0.15) is 0 Å². The van der Waals surface area contributed by atoms with Gasteiger partial charge in [-0.2, -0.15) is 0 Å². The first kappa shape index (κ1) is 7.15. The minimum atomic E-state index is 0.794. The van der Waals surface area contributed by atoms with Crippen LogP contribution in [0.3, 0.4) is 0 Å². The van der Waals surface area contributed by atoms with E-state index < -0.39 is 0 Å². The summed E-state index contributed by atoms with van der Waals surface area (Å²) in [4.78, 5) is 0. The minimum Gasteiger partial charge on any atom is -0.0839 e. The molecule has 0 aliphatic heterocycles. The van der Waals surface area contributed by atoms with E-state index in [1.165, 1.54) is 32.1 Å². The summed E-state index contributed by atoms with van der Waals surface area (Å²) in [5, 5.41) is 0. The van der Waals surface area contributed by atoms with E-state index in [0.717, 1.165) is 5.92 Å². The molecule has 2 aliphatic rings. The molecule has 0 aromatic rings. The lowest BCUT2D eigenvalue weighted by atomic mass is 9.88. The van der Waals surface area contributed by atoms with Gasteiger partial charge in [0.15, 0.2) is 0 Å². The molecule has 1 radical (unpaired) electrons. The van der Waals surface area contributed by atoms with Crippen LogP contribution in [-0.2, 0) is 0 Å². The summed E-state index contributed by atoms with van der Waals surface area (Å²) in [6.45, 7) is 0. The van der Waals surface area contributed by atoms with Gasteiger partial charge < -0.3 is 0 Å². The molecule has 1 atom stereocenters. The third-order valence-corrected chi connectivity index (χ3v) is 2.68. The van der Waals surface area contributed by atoms with Crippen LogP contribution in [0, 0.1) is 12.3 Å². The Labute approximate surface area is 69.0 Å². The van der Waals surface area contributed by atoms with Crippen molar-refractivity contribution in [2.45, 2.75) is 32.1 Å². The Morgan fingerprint density at radius 2 is 2.27 bits per heavy atom. The number of rotatable bonds is 0. The van der Waals surface area contributed by atoms with E-state index in [0.29, 0.717) is 0 Å². The predicted molar refractivity (Wildman–Crippen MR) is 48.1 cm³/mol. The smallest absolute Gasteiger partial charge is 0.0134 e. The zero-order valence-electron chi connectivity index (χ0n) is 6.92. The van der Waals surface area contributed by atoms with Crippen molar-refractivity contribution in [3.05, 3.63) is 30.2 Å². The van der Waals surface area contributed by atoms with Crippen molar-refractivity contribution in [3.8, 4) is 0 Å². The highest BCUT2D eigenvalue weighted by Gasteiger charge is 2.17. The lowest BCUT2D eigenvalue weighted by Gasteiger charge is -2.17. The molecule has 0 aromatic carbocycles. The highest BCUT2D eigenvalue weighted by Crippen LogP contribution is 2.31. The molecule has 0 amide bonds. The normalized spacial score (nSPS) is 30.5. The minimum absolute atomic E-state index is 0.794. The Hall–Kier alpha value is -0.520. The second kappa shape index (κ2) is 3.25. The van der Waals surface area contributed by atoms with Crippen LogP contribution in [-0.4, -0.2) is 0 Å². The van der Waals surface area contributed by atoms with E-state index in [9.17, 15) is 0 Å². The molecule has 0 aromatic heterocycles. The molecule has 0 nitrogen and oxygen atoms in total. The molecule has 0 N–H and O–H groups in total. The summed E-state index contributed by atoms with van der Waals surface area (Å²) >= 11 is 0. The fourth-order valence-electron chi connectivity index (χ4n) is 2.00. The van der Waals surface area contributed by atoms with Crippen molar-refractivity contribution in [2.75, 3.05) is 0 Å². The third kappa shape index (κ3) is 1.55. The summed E-state index contributed by atoms with van der Waals surface area (Å²) in [7, 11) is 0. The van der Waals surface area contributed by atoms with Crippen LogP contribution in [0.15, 0.2) is 23.8 Å². The van der Waals surface area contributed by atoms with E-state index in [2.05, 4.69) is 24.6 Å². The van der Waals surface area contributed by atoms with Crippen LogP contribution in [0.2, 0.25) is 0 Å². The summed E-state index contributed by atoms with van der Waals surface area (Å²) in [6.07, 6.45) is 16.0. The molecule has 0 spiro atoms. The van der Waals surface area contributed by atoms with Gasteiger partial charge in [-0.15, -0.1) is 0 Å². The molecule has 0 heterocycles. The van der Waals surface area contributed by atoms with Crippen LogP contribution >= 0.6 is 0 Å². The molecule has 2 aliphatic carbocycles. The highest BCUT2D eigenvalue weighted by atomic mass is 14.2. The Bertz CT molecular complexity index is 186. The molecule has 1 saturated carbocycles. The summed E-state index contributed by atoms with van der Waals surface area (Å²) in [5.74, 6) is 0.794. The maximum Gasteiger partial charge on any atom is -0.0134 e. The zero-order valence-corrected chi connectivity index (χ0v) is 6.92. The molecule has 0 bridgehead atoms. The predicted octanol–water partition coefficient (Wildman–Crippen LogP) is 3.27. The van der Waals surface area contributed by atoms with Gasteiger partial charge in [0.25, 0.3) is 0 Å². The number of hydrogen-bond acceptors (Lipinski definition) is 0. The molecule has 0 saturated heterocycles. The van der Waals surface area contributed by atoms with Gasteiger partial charge in [-0.1, -0.05) is 30.2 Å². The summed E-state index contributed by atoms with van der Waals surface area (Å²) in [5.41, 5.74) is 1.67. The monoisotopic (exact) mass is 147 g/mol. The van der Waals surface area contributed by atoms with Gasteiger partial charge in [0, 0.05) is 0 Å². The third-order valence-electron chi connectivity index (χ3n) is 2.68. The average Bonchev–Trinajstić information content (AvgIpc) is 2.28. The first-order valence-electron chi connectivity index (χ1n) is 4.66. The lowest BCUT2D eigenvalue weighted by Crippen LogP contribution is -2.04. The molecule has 1 fully saturated rings. The van der Waals surface area contributed by atoms with Gasteiger partial charge in [0.05, 0.1) is 0 Å². The van der Waals surface area contributed by atoms with Crippen LogP contribution in [0.5, 0.6) is 0 Å². The molecule has 1 unspecified atom stereocenters. The fourth-order valence-corrected chi connectivity index (χ4v) is 2.00. The number of allylic oxidation sites excluding steroid dienone is 4. The molecule has 0 heteroatoms. The van der Waals surface area contributed by atoms with Crippen molar-refractivity contribution >= 4 is 0 Å². The van der Waals surface area contributed by atoms with Crippen molar-refractivity contribution in [1.29, 1.82) is 0 Å². The molecule has 11 heavy (non-hydrogen) atoms. The Morgan fingerprint density at radius 3 is 3.27 bits per heavy atom. The fraction of sp³-hybridized carbons (Fsp3) is 0.545. The number of hydrogen-bond donors (Lipinski definition) is 0. The SMILES string of the molecule is [CH]1CCCCC2=CC=CCC12. The average molecular weight is 147 g/mol. The maximum absolute atomic E-state index is 2.50. The van der Waals surface area contributed by atoms with Crippen molar-refractivity contribution in [3.63, 3.8) is 0 Å².